The highest BCUT2D eigenvalue weighted by Crippen LogP contribution is 2.39. The van der Waals surface area contributed by atoms with Crippen LogP contribution in [0.15, 0.2) is 36.7 Å². The summed E-state index contributed by atoms with van der Waals surface area (Å²) in [6.45, 7) is 3.22. The third-order valence-electron chi connectivity index (χ3n) is 5.85. The molecule has 1 aliphatic heterocycles. The summed E-state index contributed by atoms with van der Waals surface area (Å²) in [5, 5.41) is 3.91. The van der Waals surface area contributed by atoms with E-state index in [1.54, 1.807) is 30.3 Å². The van der Waals surface area contributed by atoms with Crippen LogP contribution < -0.4 is 0 Å². The molecule has 1 fully saturated rings. The summed E-state index contributed by atoms with van der Waals surface area (Å²) < 4.78 is 52.5. The third-order valence-corrected chi connectivity index (χ3v) is 5.85. The highest BCUT2D eigenvalue weighted by Gasteiger charge is 2.28. The monoisotopic (exact) mass is 455 g/mol. The molecule has 5 rings (SSSR count). The van der Waals surface area contributed by atoms with Crippen molar-refractivity contribution in [3.05, 3.63) is 59.6 Å². The van der Waals surface area contributed by atoms with Crippen molar-refractivity contribution < 1.29 is 22.8 Å². The number of rotatable bonds is 3. The van der Waals surface area contributed by atoms with Gasteiger partial charge in [0.15, 0.2) is 11.5 Å². The molecule has 1 aromatic carbocycles. The number of amides is 1. The van der Waals surface area contributed by atoms with E-state index < -0.39 is 23.1 Å². The minimum atomic E-state index is -0.902. The van der Waals surface area contributed by atoms with Crippen molar-refractivity contribution in [3.8, 4) is 22.4 Å². The number of pyridine rings is 1. The summed E-state index contributed by atoms with van der Waals surface area (Å²) >= 11 is 0. The molecule has 4 heterocycles. The van der Waals surface area contributed by atoms with Crippen LogP contribution >= 0.6 is 0 Å². The molecule has 170 valence electrons. The van der Waals surface area contributed by atoms with E-state index in [9.17, 15) is 9.18 Å². The van der Waals surface area contributed by atoms with Gasteiger partial charge in [-0.25, -0.2) is 4.39 Å². The fourth-order valence-corrected chi connectivity index (χ4v) is 4.20. The Labute approximate surface area is 186 Å². The summed E-state index contributed by atoms with van der Waals surface area (Å²) in [5.41, 5.74) is 0.237. The summed E-state index contributed by atoms with van der Waals surface area (Å²) in [5.74, 6) is -2.04. The first-order valence-corrected chi connectivity index (χ1v) is 10.4. The van der Waals surface area contributed by atoms with Crippen molar-refractivity contribution in [3.63, 3.8) is 0 Å². The lowest BCUT2D eigenvalue weighted by Crippen LogP contribution is -2.40. The SMILES string of the molecule is Cc1c(F)nc2c(c(F)c(-c3cccc(C(=O)N4CCOCC4)c3)n2F)c1-c1cnn(C)c1. The molecule has 0 atom stereocenters. The largest absolute Gasteiger partial charge is 0.378 e. The number of hydrogen-bond acceptors (Lipinski definition) is 4. The molecule has 3 aromatic heterocycles. The van der Waals surface area contributed by atoms with Gasteiger partial charge in [0.25, 0.3) is 5.91 Å². The van der Waals surface area contributed by atoms with Crippen LogP contribution in [0.1, 0.15) is 15.9 Å². The number of carbonyl (C=O) groups excluding carboxylic acids is 1. The quantitative estimate of drug-likeness (QED) is 0.440. The highest BCUT2D eigenvalue weighted by atomic mass is 19.2. The Morgan fingerprint density at radius 1 is 1.15 bits per heavy atom. The minimum absolute atomic E-state index is 0.0331. The van der Waals surface area contributed by atoms with Crippen LogP contribution in [0.3, 0.4) is 0 Å². The van der Waals surface area contributed by atoms with Crippen molar-refractivity contribution in [2.45, 2.75) is 6.92 Å². The van der Waals surface area contributed by atoms with Crippen molar-refractivity contribution in [2.24, 2.45) is 7.05 Å². The zero-order valence-electron chi connectivity index (χ0n) is 18.0. The van der Waals surface area contributed by atoms with Gasteiger partial charge in [-0.1, -0.05) is 16.6 Å². The third kappa shape index (κ3) is 3.46. The lowest BCUT2D eigenvalue weighted by atomic mass is 10.0. The van der Waals surface area contributed by atoms with Crippen LogP contribution in [0.2, 0.25) is 0 Å². The maximum Gasteiger partial charge on any atom is 0.254 e. The summed E-state index contributed by atoms with van der Waals surface area (Å²) in [4.78, 5) is 18.2. The Morgan fingerprint density at radius 3 is 2.61 bits per heavy atom. The number of benzene rings is 1. The van der Waals surface area contributed by atoms with Gasteiger partial charge in [0.1, 0.15) is 5.69 Å². The van der Waals surface area contributed by atoms with Gasteiger partial charge in [-0.05, 0) is 19.1 Å². The fraction of sp³-hybridized carbons (Fsp3) is 0.261. The lowest BCUT2D eigenvalue weighted by Gasteiger charge is -2.27. The minimum Gasteiger partial charge on any atom is -0.378 e. The van der Waals surface area contributed by atoms with Gasteiger partial charge >= 0.3 is 0 Å². The fourth-order valence-electron chi connectivity index (χ4n) is 4.20. The molecule has 0 bridgehead atoms. The smallest absolute Gasteiger partial charge is 0.254 e. The second-order valence-electron chi connectivity index (χ2n) is 7.93. The van der Waals surface area contributed by atoms with Crippen LogP contribution in [0.4, 0.5) is 13.3 Å². The number of aryl methyl sites for hydroxylation is 1. The first-order chi connectivity index (χ1) is 15.9. The van der Waals surface area contributed by atoms with Gasteiger partial charge in [0.2, 0.25) is 5.95 Å². The molecule has 0 saturated carbocycles. The van der Waals surface area contributed by atoms with Gasteiger partial charge in [-0.2, -0.15) is 19.3 Å². The number of carbonyl (C=O) groups is 1. The topological polar surface area (TPSA) is 65.2 Å². The number of ether oxygens (including phenoxy) is 1. The number of hydrogen-bond donors (Lipinski definition) is 0. The molecule has 1 saturated heterocycles. The Kier molecular flexibility index (Phi) is 5.16. The van der Waals surface area contributed by atoms with Crippen molar-refractivity contribution in [1.82, 2.24) is 24.5 Å². The average molecular weight is 455 g/mol. The molecule has 0 unspecified atom stereocenters. The van der Waals surface area contributed by atoms with Crippen LogP contribution in [0.25, 0.3) is 33.4 Å². The second kappa shape index (κ2) is 8.04. The van der Waals surface area contributed by atoms with E-state index in [1.165, 1.54) is 29.9 Å². The van der Waals surface area contributed by atoms with Crippen LogP contribution in [0.5, 0.6) is 0 Å². The standard InChI is InChI=1S/C23H20F3N5O2/c1-13-17(16-11-27-29(2)12-16)18-19(24)20(31(26)22(18)28-21(13)25)14-4-3-5-15(10-14)23(32)30-6-8-33-9-7-30/h3-5,10-12H,6-9H2,1-2H3. The average Bonchev–Trinajstić information content (AvgIpc) is 3.35. The van der Waals surface area contributed by atoms with E-state index >= 15 is 8.87 Å². The zero-order chi connectivity index (χ0) is 23.3. The normalized spacial score (nSPS) is 14.3. The Hall–Kier alpha value is -3.66. The number of halogens is 3. The molecular weight excluding hydrogens is 435 g/mol. The molecule has 0 N–H and O–H groups in total. The molecule has 33 heavy (non-hydrogen) atoms. The summed E-state index contributed by atoms with van der Waals surface area (Å²) in [6, 6.07) is 6.07. The van der Waals surface area contributed by atoms with Gasteiger partial charge in [-0.3, -0.25) is 9.48 Å². The van der Waals surface area contributed by atoms with E-state index in [-0.39, 0.29) is 32.8 Å². The van der Waals surface area contributed by atoms with E-state index in [2.05, 4.69) is 10.1 Å². The molecule has 0 aliphatic carbocycles. The molecule has 10 heteroatoms. The summed E-state index contributed by atoms with van der Waals surface area (Å²) in [6.07, 6.45) is 3.05. The van der Waals surface area contributed by atoms with Crippen molar-refractivity contribution >= 4 is 16.9 Å². The second-order valence-corrected chi connectivity index (χ2v) is 7.93. The zero-order valence-corrected chi connectivity index (χ0v) is 18.0. The number of aromatic nitrogens is 4. The summed E-state index contributed by atoms with van der Waals surface area (Å²) in [7, 11) is 1.67. The van der Waals surface area contributed by atoms with E-state index in [0.29, 0.717) is 37.4 Å². The van der Waals surface area contributed by atoms with Crippen LogP contribution in [-0.2, 0) is 11.8 Å². The lowest BCUT2D eigenvalue weighted by molar-refractivity contribution is 0.0303. The Bertz CT molecular complexity index is 1390. The Balaban J connectivity index is 1.68. The highest BCUT2D eigenvalue weighted by molar-refractivity contribution is 6.00. The predicted molar refractivity (Wildman–Crippen MR) is 115 cm³/mol. The van der Waals surface area contributed by atoms with Crippen molar-refractivity contribution in [2.75, 3.05) is 26.3 Å². The predicted octanol–water partition coefficient (Wildman–Crippen LogP) is 3.90. The van der Waals surface area contributed by atoms with Gasteiger partial charge in [0.05, 0.1) is 24.8 Å². The molecule has 1 aliphatic rings. The van der Waals surface area contributed by atoms with Gasteiger partial charge in [0, 0.05) is 54.2 Å². The molecule has 0 radical (unpaired) electrons. The van der Waals surface area contributed by atoms with Gasteiger partial charge < -0.3 is 9.64 Å². The molecular formula is C23H20F3N5O2. The van der Waals surface area contributed by atoms with E-state index in [1.807, 2.05) is 0 Å². The van der Waals surface area contributed by atoms with Crippen molar-refractivity contribution in [1.29, 1.82) is 0 Å². The number of fused-ring (bicyclic) bond motifs is 1. The molecule has 0 spiro atoms. The van der Waals surface area contributed by atoms with Crippen LogP contribution in [0, 0.1) is 18.7 Å². The number of nitrogens with zero attached hydrogens (tertiary/aromatic N) is 5. The number of morpholine rings is 1. The maximum atomic E-state index is 15.8. The van der Waals surface area contributed by atoms with E-state index in [4.69, 9.17) is 4.74 Å². The molecule has 1 amide bonds. The first-order valence-electron chi connectivity index (χ1n) is 10.4. The van der Waals surface area contributed by atoms with Gasteiger partial charge in [-0.15, -0.1) is 0 Å². The van der Waals surface area contributed by atoms with E-state index in [0.717, 1.165) is 0 Å². The molecule has 7 nitrogen and oxygen atoms in total. The maximum absolute atomic E-state index is 15.8. The molecule has 4 aromatic rings. The van der Waals surface area contributed by atoms with Crippen LogP contribution in [-0.4, -0.2) is 56.7 Å². The Morgan fingerprint density at radius 2 is 1.91 bits per heavy atom. The first kappa shape index (κ1) is 21.2.